The van der Waals surface area contributed by atoms with Gasteiger partial charge in [-0.05, 0) is 43.2 Å². The van der Waals surface area contributed by atoms with Gasteiger partial charge in [0.1, 0.15) is 0 Å². The fraction of sp³-hybridized carbons (Fsp3) is 0.188. The van der Waals surface area contributed by atoms with Crippen LogP contribution in [-0.4, -0.2) is 6.03 Å². The summed E-state index contributed by atoms with van der Waals surface area (Å²) in [6.07, 6.45) is 0. The van der Waals surface area contributed by atoms with Crippen molar-refractivity contribution in [3.05, 3.63) is 63.6 Å². The first-order valence-corrected chi connectivity index (χ1v) is 7.20. The number of halogens is 1. The zero-order valence-electron chi connectivity index (χ0n) is 11.5. The Labute approximate surface area is 127 Å². The molecule has 0 aliphatic carbocycles. The van der Waals surface area contributed by atoms with Gasteiger partial charge in [-0.3, -0.25) is 0 Å². The highest BCUT2D eigenvalue weighted by Gasteiger charge is 2.03. The molecule has 2 rings (SSSR count). The van der Waals surface area contributed by atoms with E-state index in [0.29, 0.717) is 6.54 Å². The van der Waals surface area contributed by atoms with Crippen molar-refractivity contribution in [1.29, 1.82) is 0 Å². The quantitative estimate of drug-likeness (QED) is 0.859. The molecule has 0 radical (unpaired) electrons. The molecule has 0 heterocycles. The molecule has 0 aromatic heterocycles. The number of urea groups is 1. The lowest BCUT2D eigenvalue weighted by Gasteiger charge is -2.09. The first-order valence-electron chi connectivity index (χ1n) is 6.41. The Morgan fingerprint density at radius 2 is 1.95 bits per heavy atom. The van der Waals surface area contributed by atoms with Crippen LogP contribution in [0.4, 0.5) is 10.5 Å². The maximum atomic E-state index is 11.8. The molecule has 0 spiro atoms. The summed E-state index contributed by atoms with van der Waals surface area (Å²) in [5.74, 6) is 0. The lowest BCUT2D eigenvalue weighted by atomic mass is 10.1. The number of nitrogens with one attached hydrogen (secondary N) is 2. The summed E-state index contributed by atoms with van der Waals surface area (Å²) in [5.41, 5.74) is 4.15. The number of benzene rings is 2. The molecule has 0 fully saturated rings. The number of hydrogen-bond donors (Lipinski definition) is 2. The molecule has 2 amide bonds. The van der Waals surface area contributed by atoms with Gasteiger partial charge in [-0.1, -0.05) is 45.8 Å². The molecule has 2 aromatic carbocycles. The Bertz CT molecular complexity index is 626. The molecule has 0 aliphatic rings. The van der Waals surface area contributed by atoms with E-state index in [1.165, 1.54) is 5.56 Å². The highest BCUT2D eigenvalue weighted by Crippen LogP contribution is 2.19. The van der Waals surface area contributed by atoms with Crippen molar-refractivity contribution >= 4 is 27.6 Å². The van der Waals surface area contributed by atoms with Crippen LogP contribution in [0.5, 0.6) is 0 Å². The number of rotatable bonds is 3. The van der Waals surface area contributed by atoms with Crippen molar-refractivity contribution in [3.63, 3.8) is 0 Å². The van der Waals surface area contributed by atoms with Crippen LogP contribution in [0, 0.1) is 13.8 Å². The Morgan fingerprint density at radius 3 is 2.65 bits per heavy atom. The molecule has 0 unspecified atom stereocenters. The second-order valence-electron chi connectivity index (χ2n) is 4.76. The summed E-state index contributed by atoms with van der Waals surface area (Å²) in [4.78, 5) is 11.8. The third kappa shape index (κ3) is 4.10. The van der Waals surface area contributed by atoms with Gasteiger partial charge in [0.25, 0.3) is 0 Å². The normalized spacial score (nSPS) is 10.2. The maximum absolute atomic E-state index is 11.8. The van der Waals surface area contributed by atoms with E-state index in [-0.39, 0.29) is 6.03 Å². The molecule has 0 aliphatic heterocycles. The molecule has 4 heteroatoms. The van der Waals surface area contributed by atoms with E-state index in [1.807, 2.05) is 50.2 Å². The summed E-state index contributed by atoms with van der Waals surface area (Å²) in [5, 5.41) is 5.67. The van der Waals surface area contributed by atoms with Crippen LogP contribution in [0.1, 0.15) is 16.7 Å². The molecule has 20 heavy (non-hydrogen) atoms. The number of anilines is 1. The van der Waals surface area contributed by atoms with Crippen LogP contribution in [0.25, 0.3) is 0 Å². The van der Waals surface area contributed by atoms with E-state index in [0.717, 1.165) is 21.3 Å². The third-order valence-corrected chi connectivity index (χ3v) is 3.84. The van der Waals surface area contributed by atoms with Gasteiger partial charge >= 0.3 is 6.03 Å². The third-order valence-electron chi connectivity index (χ3n) is 2.95. The Kier molecular flexibility index (Phi) is 4.79. The van der Waals surface area contributed by atoms with Gasteiger partial charge < -0.3 is 10.6 Å². The standard InChI is InChI=1S/C16H17BrN2O/c1-11-4-3-5-13(8-11)10-18-16(20)19-14-6-7-15(17)12(2)9-14/h3-9H,10H2,1-2H3,(H2,18,19,20). The summed E-state index contributed by atoms with van der Waals surface area (Å²) < 4.78 is 1.03. The fourth-order valence-electron chi connectivity index (χ4n) is 1.90. The van der Waals surface area contributed by atoms with Crippen molar-refractivity contribution in [2.45, 2.75) is 20.4 Å². The Morgan fingerprint density at radius 1 is 1.15 bits per heavy atom. The van der Waals surface area contributed by atoms with Crippen molar-refractivity contribution in [1.82, 2.24) is 5.32 Å². The van der Waals surface area contributed by atoms with E-state index in [2.05, 4.69) is 32.6 Å². The first-order chi connectivity index (χ1) is 9.54. The van der Waals surface area contributed by atoms with Crippen LogP contribution in [-0.2, 0) is 6.54 Å². The smallest absolute Gasteiger partial charge is 0.319 e. The van der Waals surface area contributed by atoms with Gasteiger partial charge in [-0.2, -0.15) is 0 Å². The minimum absolute atomic E-state index is 0.201. The largest absolute Gasteiger partial charge is 0.334 e. The minimum Gasteiger partial charge on any atom is -0.334 e. The van der Waals surface area contributed by atoms with E-state index in [9.17, 15) is 4.79 Å². The topological polar surface area (TPSA) is 41.1 Å². The second-order valence-corrected chi connectivity index (χ2v) is 5.62. The highest BCUT2D eigenvalue weighted by atomic mass is 79.9. The fourth-order valence-corrected chi connectivity index (χ4v) is 2.15. The predicted molar refractivity (Wildman–Crippen MR) is 85.9 cm³/mol. The number of aryl methyl sites for hydroxylation is 2. The number of carbonyl (C=O) groups is 1. The SMILES string of the molecule is Cc1cccc(CNC(=O)Nc2ccc(Br)c(C)c2)c1. The number of amides is 2. The summed E-state index contributed by atoms with van der Waals surface area (Å²) in [6, 6.07) is 13.6. The minimum atomic E-state index is -0.201. The lowest BCUT2D eigenvalue weighted by Crippen LogP contribution is -2.28. The molecule has 3 nitrogen and oxygen atoms in total. The zero-order chi connectivity index (χ0) is 14.5. The second kappa shape index (κ2) is 6.57. The molecule has 0 bridgehead atoms. The zero-order valence-corrected chi connectivity index (χ0v) is 13.1. The van der Waals surface area contributed by atoms with E-state index in [4.69, 9.17) is 0 Å². The molecule has 2 N–H and O–H groups in total. The number of carbonyl (C=O) groups excluding carboxylic acids is 1. The van der Waals surface area contributed by atoms with Crippen LogP contribution < -0.4 is 10.6 Å². The van der Waals surface area contributed by atoms with E-state index in [1.54, 1.807) is 0 Å². The van der Waals surface area contributed by atoms with Gasteiger partial charge in [-0.15, -0.1) is 0 Å². The monoisotopic (exact) mass is 332 g/mol. The molecular formula is C16H17BrN2O. The molecule has 2 aromatic rings. The molecule has 0 atom stereocenters. The average Bonchev–Trinajstić information content (AvgIpc) is 2.41. The predicted octanol–water partition coefficient (Wildman–Crippen LogP) is 4.39. The van der Waals surface area contributed by atoms with Gasteiger partial charge in [-0.25, -0.2) is 4.79 Å². The Hall–Kier alpha value is -1.81. The van der Waals surface area contributed by atoms with Crippen molar-refractivity contribution in [2.75, 3.05) is 5.32 Å². The molecule has 0 saturated heterocycles. The maximum Gasteiger partial charge on any atom is 0.319 e. The molecule has 0 saturated carbocycles. The van der Waals surface area contributed by atoms with Crippen molar-refractivity contribution in [2.24, 2.45) is 0 Å². The average molecular weight is 333 g/mol. The van der Waals surface area contributed by atoms with Gasteiger partial charge in [0.2, 0.25) is 0 Å². The van der Waals surface area contributed by atoms with Gasteiger partial charge in [0.05, 0.1) is 0 Å². The summed E-state index contributed by atoms with van der Waals surface area (Å²) >= 11 is 3.44. The lowest BCUT2D eigenvalue weighted by molar-refractivity contribution is 0.251. The number of hydrogen-bond acceptors (Lipinski definition) is 1. The van der Waals surface area contributed by atoms with Crippen molar-refractivity contribution in [3.8, 4) is 0 Å². The van der Waals surface area contributed by atoms with Gasteiger partial charge in [0, 0.05) is 16.7 Å². The molecule has 104 valence electrons. The summed E-state index contributed by atoms with van der Waals surface area (Å²) in [6.45, 7) is 4.54. The van der Waals surface area contributed by atoms with Crippen LogP contribution in [0.2, 0.25) is 0 Å². The van der Waals surface area contributed by atoms with E-state index < -0.39 is 0 Å². The molecular weight excluding hydrogens is 316 g/mol. The van der Waals surface area contributed by atoms with Crippen LogP contribution in [0.15, 0.2) is 46.9 Å². The van der Waals surface area contributed by atoms with Crippen LogP contribution in [0.3, 0.4) is 0 Å². The summed E-state index contributed by atoms with van der Waals surface area (Å²) in [7, 11) is 0. The van der Waals surface area contributed by atoms with Gasteiger partial charge in [0.15, 0.2) is 0 Å². The highest BCUT2D eigenvalue weighted by molar-refractivity contribution is 9.10. The first kappa shape index (κ1) is 14.6. The van der Waals surface area contributed by atoms with E-state index >= 15 is 0 Å². The van der Waals surface area contributed by atoms with Crippen molar-refractivity contribution < 1.29 is 4.79 Å². The van der Waals surface area contributed by atoms with Crippen LogP contribution >= 0.6 is 15.9 Å². The Balaban J connectivity index is 1.91.